The van der Waals surface area contributed by atoms with Crippen LogP contribution in [0.2, 0.25) is 0 Å². The van der Waals surface area contributed by atoms with E-state index in [2.05, 4.69) is 23.8 Å². The van der Waals surface area contributed by atoms with Gasteiger partial charge in [-0.1, -0.05) is 31.0 Å². The second-order valence-electron chi connectivity index (χ2n) is 1.43. The molecule has 0 amide bonds. The molecule has 0 saturated heterocycles. The van der Waals surface area contributed by atoms with E-state index in [4.69, 9.17) is 0 Å². The minimum atomic E-state index is 0.981. The summed E-state index contributed by atoms with van der Waals surface area (Å²) in [4.78, 5) is 0. The number of hydrogen-bond acceptors (Lipinski definition) is 2. The Morgan fingerprint density at radius 1 is 1.50 bits per heavy atom. The lowest BCUT2D eigenvalue weighted by molar-refractivity contribution is 1.11. The van der Waals surface area contributed by atoms with Crippen molar-refractivity contribution >= 4 is 11.9 Å². The highest BCUT2D eigenvalue weighted by Crippen LogP contribution is 1.82. The van der Waals surface area contributed by atoms with Crippen molar-refractivity contribution in [1.82, 2.24) is 4.72 Å². The molecule has 2 heteroatoms. The molecule has 1 N–H and O–H groups in total. The summed E-state index contributed by atoms with van der Waals surface area (Å²) in [5.74, 6) is 0. The lowest BCUT2D eigenvalue weighted by atomic mass is 10.4. The van der Waals surface area contributed by atoms with Crippen LogP contribution in [0.15, 0.2) is 12.2 Å². The topological polar surface area (TPSA) is 12.0 Å². The maximum atomic E-state index is 3.11. The van der Waals surface area contributed by atoms with Crippen molar-refractivity contribution in [3.63, 3.8) is 0 Å². The SMILES string of the molecule is CC/C=C\CNSC. The number of nitrogens with one attached hydrogen (secondary N) is 1. The fourth-order valence-corrected chi connectivity index (χ4v) is 0.644. The average molecular weight is 131 g/mol. The van der Waals surface area contributed by atoms with Crippen LogP contribution in [0.1, 0.15) is 13.3 Å². The van der Waals surface area contributed by atoms with Crippen molar-refractivity contribution in [2.45, 2.75) is 13.3 Å². The minimum Gasteiger partial charge on any atom is -0.261 e. The molecule has 0 radical (unpaired) electrons. The highest BCUT2D eigenvalue weighted by atomic mass is 32.2. The van der Waals surface area contributed by atoms with E-state index in [1.807, 2.05) is 6.26 Å². The van der Waals surface area contributed by atoms with E-state index in [0.29, 0.717) is 0 Å². The van der Waals surface area contributed by atoms with Gasteiger partial charge in [-0.25, -0.2) is 0 Å². The zero-order valence-corrected chi connectivity index (χ0v) is 6.29. The molecule has 0 spiro atoms. The van der Waals surface area contributed by atoms with Crippen LogP contribution in [-0.4, -0.2) is 12.8 Å². The van der Waals surface area contributed by atoms with Crippen LogP contribution in [0.3, 0.4) is 0 Å². The van der Waals surface area contributed by atoms with Crippen LogP contribution in [0.4, 0.5) is 0 Å². The molecule has 0 unspecified atom stereocenters. The third-order valence-electron chi connectivity index (χ3n) is 0.748. The quantitative estimate of drug-likeness (QED) is 0.355. The van der Waals surface area contributed by atoms with Gasteiger partial charge in [-0.05, 0) is 12.7 Å². The Labute approximate surface area is 55.7 Å². The van der Waals surface area contributed by atoms with Gasteiger partial charge in [-0.15, -0.1) is 0 Å². The van der Waals surface area contributed by atoms with Crippen molar-refractivity contribution in [1.29, 1.82) is 0 Å². The molecular weight excluding hydrogens is 118 g/mol. The molecular formula is C6H13NS. The molecule has 0 fully saturated rings. The summed E-state index contributed by atoms with van der Waals surface area (Å²) in [6.45, 7) is 3.12. The maximum Gasteiger partial charge on any atom is 0.0239 e. The Hall–Kier alpha value is 0.0500. The fourth-order valence-electron chi connectivity index (χ4n) is 0.381. The lowest BCUT2D eigenvalue weighted by Crippen LogP contribution is -1.99. The normalized spacial score (nSPS) is 10.8. The van der Waals surface area contributed by atoms with Gasteiger partial charge in [0.2, 0.25) is 0 Å². The molecule has 0 aliphatic carbocycles. The molecule has 0 saturated carbocycles. The Bertz CT molecular complexity index is 61.5. The van der Waals surface area contributed by atoms with Gasteiger partial charge in [0.25, 0.3) is 0 Å². The zero-order chi connectivity index (χ0) is 6.24. The van der Waals surface area contributed by atoms with Crippen LogP contribution < -0.4 is 4.72 Å². The van der Waals surface area contributed by atoms with Gasteiger partial charge < -0.3 is 0 Å². The number of allylic oxidation sites excluding steroid dienone is 1. The van der Waals surface area contributed by atoms with Crippen LogP contribution in [0.5, 0.6) is 0 Å². The first-order valence-corrected chi connectivity index (χ1v) is 4.05. The van der Waals surface area contributed by atoms with Gasteiger partial charge in [0.15, 0.2) is 0 Å². The van der Waals surface area contributed by atoms with Gasteiger partial charge in [-0.2, -0.15) is 0 Å². The second-order valence-corrected chi connectivity index (χ2v) is 2.13. The van der Waals surface area contributed by atoms with Gasteiger partial charge in [0.05, 0.1) is 0 Å². The van der Waals surface area contributed by atoms with E-state index < -0.39 is 0 Å². The summed E-state index contributed by atoms with van der Waals surface area (Å²) in [6.07, 6.45) is 7.45. The molecule has 0 aromatic rings. The highest BCUT2D eigenvalue weighted by Gasteiger charge is 1.71. The molecule has 0 aliphatic rings. The summed E-state index contributed by atoms with van der Waals surface area (Å²) >= 11 is 1.65. The predicted octanol–water partition coefficient (Wildman–Crippen LogP) is 1.82. The first-order valence-electron chi connectivity index (χ1n) is 2.82. The second kappa shape index (κ2) is 7.05. The van der Waals surface area contributed by atoms with Crippen molar-refractivity contribution in [2.75, 3.05) is 12.8 Å². The fraction of sp³-hybridized carbons (Fsp3) is 0.667. The third-order valence-corrected chi connectivity index (χ3v) is 1.20. The Morgan fingerprint density at radius 2 is 2.25 bits per heavy atom. The number of hydrogen-bond donors (Lipinski definition) is 1. The molecule has 0 rings (SSSR count). The zero-order valence-electron chi connectivity index (χ0n) is 5.48. The van der Waals surface area contributed by atoms with Crippen LogP contribution in [-0.2, 0) is 0 Å². The molecule has 0 aliphatic heterocycles. The molecule has 1 nitrogen and oxygen atoms in total. The van der Waals surface area contributed by atoms with E-state index in [0.717, 1.165) is 13.0 Å². The Balaban J connectivity index is 2.80. The number of rotatable bonds is 4. The van der Waals surface area contributed by atoms with Crippen LogP contribution >= 0.6 is 11.9 Å². The van der Waals surface area contributed by atoms with E-state index in [-0.39, 0.29) is 0 Å². The van der Waals surface area contributed by atoms with Gasteiger partial charge >= 0.3 is 0 Å². The monoisotopic (exact) mass is 131 g/mol. The Morgan fingerprint density at radius 3 is 2.75 bits per heavy atom. The maximum absolute atomic E-state index is 3.11. The molecule has 0 heterocycles. The summed E-state index contributed by atoms with van der Waals surface area (Å²) in [5, 5.41) is 0. The van der Waals surface area contributed by atoms with E-state index in [1.54, 1.807) is 11.9 Å². The molecule has 48 valence electrons. The first-order chi connectivity index (χ1) is 3.91. The Kier molecular flexibility index (Phi) is 7.09. The van der Waals surface area contributed by atoms with Gasteiger partial charge in [0, 0.05) is 6.54 Å². The van der Waals surface area contributed by atoms with Gasteiger partial charge in [-0.3, -0.25) is 4.72 Å². The largest absolute Gasteiger partial charge is 0.261 e. The summed E-state index contributed by atoms with van der Waals surface area (Å²) < 4.78 is 3.11. The smallest absolute Gasteiger partial charge is 0.0239 e. The van der Waals surface area contributed by atoms with Crippen molar-refractivity contribution in [3.05, 3.63) is 12.2 Å². The molecule has 0 atom stereocenters. The van der Waals surface area contributed by atoms with Crippen molar-refractivity contribution in [2.24, 2.45) is 0 Å². The first kappa shape index (κ1) is 8.05. The van der Waals surface area contributed by atoms with Crippen LogP contribution in [0.25, 0.3) is 0 Å². The average Bonchev–Trinajstić information content (AvgIpc) is 1.81. The standard InChI is InChI=1S/C6H13NS/c1-3-4-5-6-7-8-2/h4-5,7H,3,6H2,1-2H3/b5-4-. The van der Waals surface area contributed by atoms with E-state index in [1.165, 1.54) is 0 Å². The predicted molar refractivity (Wildman–Crippen MR) is 40.9 cm³/mol. The van der Waals surface area contributed by atoms with Crippen molar-refractivity contribution in [3.8, 4) is 0 Å². The van der Waals surface area contributed by atoms with Gasteiger partial charge in [0.1, 0.15) is 0 Å². The molecule has 0 bridgehead atoms. The van der Waals surface area contributed by atoms with Crippen molar-refractivity contribution < 1.29 is 0 Å². The summed E-state index contributed by atoms with van der Waals surface area (Å²) in [5.41, 5.74) is 0. The molecule has 0 aromatic carbocycles. The van der Waals surface area contributed by atoms with Crippen LogP contribution in [0, 0.1) is 0 Å². The molecule has 8 heavy (non-hydrogen) atoms. The lowest BCUT2D eigenvalue weighted by Gasteiger charge is -1.89. The summed E-state index contributed by atoms with van der Waals surface area (Å²) in [6, 6.07) is 0. The van der Waals surface area contributed by atoms with E-state index >= 15 is 0 Å². The third kappa shape index (κ3) is 6.05. The highest BCUT2D eigenvalue weighted by molar-refractivity contribution is 7.96. The summed E-state index contributed by atoms with van der Waals surface area (Å²) in [7, 11) is 0. The molecule has 0 aromatic heterocycles. The minimum absolute atomic E-state index is 0.981. The van der Waals surface area contributed by atoms with E-state index in [9.17, 15) is 0 Å².